The predicted octanol–water partition coefficient (Wildman–Crippen LogP) is 1.27. The number of hydrogen-bond donors (Lipinski definition) is 1. The average Bonchev–Trinajstić information content (AvgIpc) is 1.62. The van der Waals surface area contributed by atoms with Gasteiger partial charge in [0, 0.05) is 6.92 Å². The zero-order chi connectivity index (χ0) is 7.65. The van der Waals surface area contributed by atoms with E-state index in [4.69, 9.17) is 5.11 Å². The highest BCUT2D eigenvalue weighted by molar-refractivity contribution is 4.72. The Balaban J connectivity index is 3.88. The first-order valence-corrected chi connectivity index (χ1v) is 2.19. The van der Waals surface area contributed by atoms with Gasteiger partial charge in [0.15, 0.2) is 0 Å². The summed E-state index contributed by atoms with van der Waals surface area (Å²) in [5.41, 5.74) is 0. The molecule has 0 bridgehead atoms. The van der Waals surface area contributed by atoms with E-state index in [1.807, 2.05) is 0 Å². The lowest BCUT2D eigenvalue weighted by molar-refractivity contribution is -0.142. The summed E-state index contributed by atoms with van der Waals surface area (Å²) in [6.45, 7) is 0.195. The van der Waals surface area contributed by atoms with Crippen LogP contribution in [0, 0.1) is 0 Å². The van der Waals surface area contributed by atoms with Crippen molar-refractivity contribution in [2.24, 2.45) is 0 Å². The third-order valence-electron chi connectivity index (χ3n) is 0.726. The lowest BCUT2D eigenvalue weighted by Crippen LogP contribution is -2.34. The minimum absolute atomic E-state index is 0.195. The van der Waals surface area contributed by atoms with Gasteiger partial charge in [-0.25, -0.2) is 17.6 Å². The lowest BCUT2D eigenvalue weighted by Gasteiger charge is -2.14. The van der Waals surface area contributed by atoms with E-state index in [1.165, 1.54) is 0 Å². The molecule has 2 unspecified atom stereocenters. The molecule has 2 atom stereocenters. The second kappa shape index (κ2) is 2.51. The number of alkyl halides is 4. The minimum atomic E-state index is -3.81. The van der Waals surface area contributed by atoms with Crippen molar-refractivity contribution in [2.45, 2.75) is 25.4 Å². The topological polar surface area (TPSA) is 20.2 Å². The Kier molecular flexibility index (Phi) is 2.42. The maximum atomic E-state index is 11.7. The van der Waals surface area contributed by atoms with E-state index in [0.29, 0.717) is 0 Å². The van der Waals surface area contributed by atoms with Gasteiger partial charge >= 0.3 is 0 Å². The van der Waals surface area contributed by atoms with Crippen LogP contribution in [0.4, 0.5) is 17.6 Å². The molecular formula is C4H6F4O. The van der Waals surface area contributed by atoms with E-state index < -0.39 is 18.5 Å². The first kappa shape index (κ1) is 8.68. The molecule has 56 valence electrons. The third-order valence-corrected chi connectivity index (χ3v) is 0.726. The molecule has 1 nitrogen and oxygen atoms in total. The van der Waals surface area contributed by atoms with E-state index in [0.717, 1.165) is 0 Å². The SMILES string of the molecule is CC(F)(F)C(F)C(O)F. The van der Waals surface area contributed by atoms with Crippen molar-refractivity contribution in [1.29, 1.82) is 0 Å². The van der Waals surface area contributed by atoms with Crippen LogP contribution in [0.2, 0.25) is 0 Å². The van der Waals surface area contributed by atoms with Crippen LogP contribution in [0.1, 0.15) is 6.92 Å². The highest BCUT2D eigenvalue weighted by Gasteiger charge is 2.40. The second-order valence-corrected chi connectivity index (χ2v) is 1.73. The van der Waals surface area contributed by atoms with Crippen LogP contribution in [0.25, 0.3) is 0 Å². The van der Waals surface area contributed by atoms with Gasteiger partial charge in [-0.15, -0.1) is 0 Å². The Morgan fingerprint density at radius 2 is 1.67 bits per heavy atom. The minimum Gasteiger partial charge on any atom is -0.362 e. The van der Waals surface area contributed by atoms with Crippen molar-refractivity contribution in [1.82, 2.24) is 0 Å². The molecular weight excluding hydrogens is 140 g/mol. The van der Waals surface area contributed by atoms with Gasteiger partial charge in [0.05, 0.1) is 0 Å². The number of rotatable bonds is 2. The summed E-state index contributed by atoms with van der Waals surface area (Å²) in [6, 6.07) is 0. The summed E-state index contributed by atoms with van der Waals surface area (Å²) in [5.74, 6) is -3.81. The zero-order valence-corrected chi connectivity index (χ0v) is 4.61. The predicted molar refractivity (Wildman–Crippen MR) is 22.6 cm³/mol. The number of hydrogen-bond acceptors (Lipinski definition) is 1. The maximum Gasteiger partial charge on any atom is 0.281 e. The van der Waals surface area contributed by atoms with E-state index in [-0.39, 0.29) is 6.92 Å². The Morgan fingerprint density at radius 3 is 1.67 bits per heavy atom. The standard InChI is InChI=1S/C4H6F4O/c1-4(7,8)2(5)3(6)9/h2-3,9H,1H3. The smallest absolute Gasteiger partial charge is 0.281 e. The van der Waals surface area contributed by atoms with Crippen LogP contribution >= 0.6 is 0 Å². The molecule has 0 aromatic heterocycles. The first-order chi connectivity index (χ1) is 3.85. The van der Waals surface area contributed by atoms with Gasteiger partial charge in [-0.1, -0.05) is 0 Å². The summed E-state index contributed by atoms with van der Waals surface area (Å²) >= 11 is 0. The molecule has 0 aliphatic heterocycles. The van der Waals surface area contributed by atoms with Crippen molar-refractivity contribution >= 4 is 0 Å². The average molecular weight is 146 g/mol. The molecule has 0 saturated carbocycles. The maximum absolute atomic E-state index is 11.7. The summed E-state index contributed by atoms with van der Waals surface area (Å²) in [7, 11) is 0. The van der Waals surface area contributed by atoms with Crippen LogP contribution in [0.3, 0.4) is 0 Å². The van der Waals surface area contributed by atoms with Crippen molar-refractivity contribution in [3.63, 3.8) is 0 Å². The second-order valence-electron chi connectivity index (χ2n) is 1.73. The van der Waals surface area contributed by atoms with Crippen molar-refractivity contribution < 1.29 is 22.7 Å². The fourth-order valence-corrected chi connectivity index (χ4v) is 0.241. The first-order valence-electron chi connectivity index (χ1n) is 2.19. The molecule has 0 rings (SSSR count). The Labute approximate surface area is 49.3 Å². The Bertz CT molecular complexity index is 87.1. The highest BCUT2D eigenvalue weighted by atomic mass is 19.3. The largest absolute Gasteiger partial charge is 0.362 e. The van der Waals surface area contributed by atoms with Crippen molar-refractivity contribution in [2.75, 3.05) is 0 Å². The third kappa shape index (κ3) is 2.64. The molecule has 9 heavy (non-hydrogen) atoms. The molecule has 0 saturated heterocycles. The van der Waals surface area contributed by atoms with Crippen LogP contribution in [0.15, 0.2) is 0 Å². The quantitative estimate of drug-likeness (QED) is 0.581. The number of aliphatic hydroxyl groups is 1. The number of aliphatic hydroxyl groups excluding tert-OH is 1. The molecule has 0 aromatic rings. The van der Waals surface area contributed by atoms with Gasteiger partial charge < -0.3 is 5.11 Å². The fourth-order valence-electron chi connectivity index (χ4n) is 0.241. The number of halogens is 4. The van der Waals surface area contributed by atoms with E-state index >= 15 is 0 Å². The fraction of sp³-hybridized carbons (Fsp3) is 1.00. The van der Waals surface area contributed by atoms with Crippen molar-refractivity contribution in [3.05, 3.63) is 0 Å². The Morgan fingerprint density at radius 1 is 1.33 bits per heavy atom. The van der Waals surface area contributed by atoms with Gasteiger partial charge in [-0.05, 0) is 0 Å². The van der Waals surface area contributed by atoms with Crippen LogP contribution in [-0.2, 0) is 0 Å². The van der Waals surface area contributed by atoms with Gasteiger partial charge in [-0.3, -0.25) is 0 Å². The molecule has 0 fully saturated rings. The molecule has 0 spiro atoms. The van der Waals surface area contributed by atoms with Gasteiger partial charge in [0.25, 0.3) is 5.92 Å². The molecule has 0 amide bonds. The van der Waals surface area contributed by atoms with E-state index in [1.54, 1.807) is 0 Å². The molecule has 0 aliphatic rings. The van der Waals surface area contributed by atoms with Crippen LogP contribution in [0.5, 0.6) is 0 Å². The molecule has 1 N–H and O–H groups in total. The van der Waals surface area contributed by atoms with Crippen molar-refractivity contribution in [3.8, 4) is 0 Å². The van der Waals surface area contributed by atoms with E-state index in [2.05, 4.69) is 0 Å². The molecule has 0 heterocycles. The lowest BCUT2D eigenvalue weighted by atomic mass is 10.2. The zero-order valence-electron chi connectivity index (χ0n) is 4.61. The summed E-state index contributed by atoms with van der Waals surface area (Å²) in [4.78, 5) is 0. The van der Waals surface area contributed by atoms with Gasteiger partial charge in [0.1, 0.15) is 0 Å². The van der Waals surface area contributed by atoms with Gasteiger partial charge in [-0.2, -0.15) is 0 Å². The molecule has 0 aliphatic carbocycles. The Hall–Kier alpha value is -0.320. The summed E-state index contributed by atoms with van der Waals surface area (Å²) < 4.78 is 46.1. The molecule has 0 aromatic carbocycles. The summed E-state index contributed by atoms with van der Waals surface area (Å²) in [6.07, 6.45) is -6.23. The van der Waals surface area contributed by atoms with E-state index in [9.17, 15) is 17.6 Å². The summed E-state index contributed by atoms with van der Waals surface area (Å²) in [5, 5.41) is 7.63. The van der Waals surface area contributed by atoms with Crippen LogP contribution in [-0.4, -0.2) is 23.6 Å². The van der Waals surface area contributed by atoms with Crippen LogP contribution < -0.4 is 0 Å². The molecule has 0 radical (unpaired) electrons. The normalized spacial score (nSPS) is 19.3. The van der Waals surface area contributed by atoms with Gasteiger partial charge in [0.2, 0.25) is 12.5 Å². The highest BCUT2D eigenvalue weighted by Crippen LogP contribution is 2.23. The monoisotopic (exact) mass is 146 g/mol. The molecule has 5 heteroatoms.